The van der Waals surface area contributed by atoms with Crippen LogP contribution in [-0.2, 0) is 6.54 Å². The zero-order valence-corrected chi connectivity index (χ0v) is 21.0. The van der Waals surface area contributed by atoms with Gasteiger partial charge in [0, 0.05) is 6.54 Å². The molecular formula is C28H42N4O2. The van der Waals surface area contributed by atoms with Crippen LogP contribution in [-0.4, -0.2) is 19.5 Å². The molecular weight excluding hydrogens is 424 g/mol. The summed E-state index contributed by atoms with van der Waals surface area (Å²) in [5, 5.41) is 0. The molecule has 0 bridgehead atoms. The summed E-state index contributed by atoms with van der Waals surface area (Å²) in [5.74, 6) is 0.383. The largest absolute Gasteiger partial charge is 0.349 e. The van der Waals surface area contributed by atoms with Crippen LogP contribution in [0, 0.1) is 0 Å². The smallest absolute Gasteiger partial charge is 0.322 e. The second-order valence-electron chi connectivity index (χ2n) is 9.60. The zero-order valence-electron chi connectivity index (χ0n) is 21.0. The number of H-pyrrole nitrogens is 1. The molecule has 6 nitrogen and oxygen atoms in total. The summed E-state index contributed by atoms with van der Waals surface area (Å²) in [7, 11) is 0. The molecule has 0 unspecified atom stereocenters. The first-order valence-electron chi connectivity index (χ1n) is 13.6. The van der Waals surface area contributed by atoms with Crippen molar-refractivity contribution in [3.05, 3.63) is 45.1 Å². The Kier molecular flexibility index (Phi) is 11.3. The summed E-state index contributed by atoms with van der Waals surface area (Å²) >= 11 is 0. The minimum absolute atomic E-state index is 0.231. The molecule has 1 N–H and O–H groups in total. The third kappa shape index (κ3) is 8.07. The van der Waals surface area contributed by atoms with Crippen LogP contribution in [0.5, 0.6) is 0 Å². The average Bonchev–Trinajstić information content (AvgIpc) is 2.83. The standard InChI is InChI=1S/C28H42N4O2/c1-2-3-4-5-6-7-8-9-10-11-12-13-14-15-16-19-22-32-24-21-18-17-20-23(24)29-25-26(32)30-28(34)31-27(25)33/h17-18,20-21H,2-16,19,22H2,1H3,(H,31,33,34). The van der Waals surface area contributed by atoms with E-state index in [4.69, 9.17) is 0 Å². The average molecular weight is 467 g/mol. The molecule has 34 heavy (non-hydrogen) atoms. The Morgan fingerprint density at radius 3 is 1.82 bits per heavy atom. The fourth-order valence-electron chi connectivity index (χ4n) is 4.79. The summed E-state index contributed by atoms with van der Waals surface area (Å²) in [5.41, 5.74) is 0.803. The molecule has 0 atom stereocenters. The highest BCUT2D eigenvalue weighted by Gasteiger charge is 2.18. The first-order valence-corrected chi connectivity index (χ1v) is 13.6. The highest BCUT2D eigenvalue weighted by atomic mass is 16.2. The van der Waals surface area contributed by atoms with E-state index in [0.717, 1.165) is 30.4 Å². The van der Waals surface area contributed by atoms with Gasteiger partial charge in [0.25, 0.3) is 5.56 Å². The number of unbranched alkanes of at least 4 members (excludes halogenated alkanes) is 15. The number of benzene rings is 1. The topological polar surface area (TPSA) is 80.6 Å². The summed E-state index contributed by atoms with van der Waals surface area (Å²) < 4.78 is 1.98. The number of hydrogen-bond acceptors (Lipinski definition) is 4. The molecule has 3 rings (SSSR count). The lowest BCUT2D eigenvalue weighted by molar-refractivity contribution is 0.522. The van der Waals surface area contributed by atoms with Crippen LogP contribution in [0.2, 0.25) is 0 Å². The molecule has 0 aliphatic carbocycles. The maximum atomic E-state index is 12.2. The van der Waals surface area contributed by atoms with Crippen molar-refractivity contribution in [3.63, 3.8) is 0 Å². The lowest BCUT2D eigenvalue weighted by Crippen LogP contribution is -2.28. The van der Waals surface area contributed by atoms with Crippen LogP contribution in [0.4, 0.5) is 0 Å². The third-order valence-corrected chi connectivity index (χ3v) is 6.75. The Morgan fingerprint density at radius 1 is 0.706 bits per heavy atom. The molecule has 0 spiro atoms. The maximum absolute atomic E-state index is 12.2. The summed E-state index contributed by atoms with van der Waals surface area (Å²) in [6.45, 7) is 3.01. The first kappa shape index (κ1) is 26.1. The van der Waals surface area contributed by atoms with Crippen molar-refractivity contribution in [3.8, 4) is 11.5 Å². The Bertz CT molecular complexity index is 1070. The van der Waals surface area contributed by atoms with Gasteiger partial charge in [-0.15, -0.1) is 0 Å². The number of fused-ring (bicyclic) bond motifs is 2. The van der Waals surface area contributed by atoms with Gasteiger partial charge in [-0.3, -0.25) is 9.78 Å². The number of para-hydroxylation sites is 2. The summed E-state index contributed by atoms with van der Waals surface area (Å²) in [4.78, 5) is 34.8. The van der Waals surface area contributed by atoms with Crippen LogP contribution in [0.1, 0.15) is 110 Å². The fraction of sp³-hybridized carbons (Fsp3) is 0.643. The van der Waals surface area contributed by atoms with E-state index in [2.05, 4.69) is 21.9 Å². The Hall–Kier alpha value is -2.50. The van der Waals surface area contributed by atoms with Gasteiger partial charge in [-0.05, 0) is 18.6 Å². The highest BCUT2D eigenvalue weighted by Crippen LogP contribution is 2.21. The minimum atomic E-state index is -0.615. The van der Waals surface area contributed by atoms with E-state index >= 15 is 0 Å². The van der Waals surface area contributed by atoms with Crippen LogP contribution in [0.3, 0.4) is 0 Å². The molecule has 186 valence electrons. The van der Waals surface area contributed by atoms with E-state index in [9.17, 15) is 9.59 Å². The Balaban J connectivity index is 1.32. The number of aromatic amines is 1. The first-order chi connectivity index (χ1) is 16.7. The highest BCUT2D eigenvalue weighted by molar-refractivity contribution is 5.79. The number of aryl methyl sites for hydroxylation is 1. The van der Waals surface area contributed by atoms with E-state index in [1.165, 1.54) is 89.9 Å². The van der Waals surface area contributed by atoms with E-state index in [1.54, 1.807) is 0 Å². The van der Waals surface area contributed by atoms with Gasteiger partial charge in [0.2, 0.25) is 0 Å². The van der Waals surface area contributed by atoms with Gasteiger partial charge in [0.1, 0.15) is 0 Å². The van der Waals surface area contributed by atoms with Gasteiger partial charge < -0.3 is 4.57 Å². The van der Waals surface area contributed by atoms with E-state index in [1.807, 2.05) is 28.8 Å². The van der Waals surface area contributed by atoms with E-state index in [0.29, 0.717) is 5.82 Å². The zero-order chi connectivity index (χ0) is 24.0. The van der Waals surface area contributed by atoms with Gasteiger partial charge in [-0.25, -0.2) is 9.78 Å². The van der Waals surface area contributed by atoms with Gasteiger partial charge in [-0.2, -0.15) is 4.98 Å². The van der Waals surface area contributed by atoms with Crippen molar-refractivity contribution in [1.29, 1.82) is 0 Å². The van der Waals surface area contributed by atoms with Crippen molar-refractivity contribution in [2.45, 2.75) is 116 Å². The number of rotatable bonds is 17. The number of nitrogens with zero attached hydrogens (tertiary/aromatic N) is 3. The molecule has 2 heterocycles. The molecule has 0 saturated carbocycles. The molecule has 0 saturated heterocycles. The third-order valence-electron chi connectivity index (χ3n) is 6.75. The van der Waals surface area contributed by atoms with Crippen molar-refractivity contribution >= 4 is 11.0 Å². The second-order valence-corrected chi connectivity index (χ2v) is 9.60. The lowest BCUT2D eigenvalue weighted by atomic mass is 10.0. The van der Waals surface area contributed by atoms with Crippen molar-refractivity contribution in [2.24, 2.45) is 0 Å². The van der Waals surface area contributed by atoms with Gasteiger partial charge in [0.15, 0.2) is 11.5 Å². The summed E-state index contributed by atoms with van der Waals surface area (Å²) in [6.07, 6.45) is 21.3. The molecule has 0 aromatic heterocycles. The normalized spacial score (nSPS) is 11.6. The van der Waals surface area contributed by atoms with Crippen molar-refractivity contribution in [2.75, 3.05) is 0 Å². The fourth-order valence-corrected chi connectivity index (χ4v) is 4.79. The van der Waals surface area contributed by atoms with Crippen molar-refractivity contribution < 1.29 is 0 Å². The Labute approximate surface area is 203 Å². The molecule has 0 fully saturated rings. The van der Waals surface area contributed by atoms with Crippen LogP contribution in [0.25, 0.3) is 22.6 Å². The van der Waals surface area contributed by atoms with Crippen molar-refractivity contribution in [1.82, 2.24) is 19.5 Å². The molecule has 1 aromatic rings. The maximum Gasteiger partial charge on any atom is 0.349 e. The molecule has 1 aromatic carbocycles. The Morgan fingerprint density at radius 2 is 1.24 bits per heavy atom. The van der Waals surface area contributed by atoms with Gasteiger partial charge in [-0.1, -0.05) is 115 Å². The SMILES string of the molecule is CCCCCCCCCCCCCCCCCCn1c2nc(=O)[nH]c(=O)c-2nc2ccccc21. The monoisotopic (exact) mass is 466 g/mol. The van der Waals surface area contributed by atoms with E-state index < -0.39 is 11.2 Å². The van der Waals surface area contributed by atoms with E-state index in [-0.39, 0.29) is 5.69 Å². The van der Waals surface area contributed by atoms with Crippen LogP contribution < -0.4 is 11.2 Å². The molecule has 0 radical (unpaired) electrons. The second kappa shape index (κ2) is 14.7. The lowest BCUT2D eigenvalue weighted by Gasteiger charge is -2.16. The number of hydrogen-bond donors (Lipinski definition) is 1. The molecule has 2 aliphatic rings. The molecule has 0 amide bonds. The predicted octanol–water partition coefficient (Wildman–Crippen LogP) is 6.85. The number of aromatic nitrogens is 4. The summed E-state index contributed by atoms with van der Waals surface area (Å²) in [6, 6.07) is 7.72. The molecule has 6 heteroatoms. The number of nitrogens with one attached hydrogen (secondary N) is 1. The minimum Gasteiger partial charge on any atom is -0.322 e. The van der Waals surface area contributed by atoms with Crippen LogP contribution >= 0.6 is 0 Å². The van der Waals surface area contributed by atoms with Gasteiger partial charge >= 0.3 is 5.69 Å². The van der Waals surface area contributed by atoms with Gasteiger partial charge in [0.05, 0.1) is 11.0 Å². The molecule has 2 aliphatic heterocycles. The predicted molar refractivity (Wildman–Crippen MR) is 141 cm³/mol. The van der Waals surface area contributed by atoms with Crippen LogP contribution in [0.15, 0.2) is 33.9 Å². The quantitative estimate of drug-likeness (QED) is 0.174.